The molecule has 0 unspecified atom stereocenters. The second kappa shape index (κ2) is 14.7. The quantitative estimate of drug-likeness (QED) is 0.423. The summed E-state index contributed by atoms with van der Waals surface area (Å²) in [5.41, 5.74) is 0. The van der Waals surface area contributed by atoms with E-state index in [1.54, 1.807) is 14.3 Å². The summed E-state index contributed by atoms with van der Waals surface area (Å²) in [6, 6.07) is 0. The molecular weight excluding hydrogens is 356 g/mol. The predicted octanol–water partition coefficient (Wildman–Crippen LogP) is 4.71. The number of rotatable bonds is 8. The Bertz CT molecular complexity index is 58.9. The van der Waals surface area contributed by atoms with Gasteiger partial charge in [0, 0.05) is 0 Å². The van der Waals surface area contributed by atoms with Crippen molar-refractivity contribution < 1.29 is 24.6 Å². The monoisotopic (exact) mass is 380 g/mol. The summed E-state index contributed by atoms with van der Waals surface area (Å²) in [4.78, 5) is 0. The molecule has 0 saturated heterocycles. The van der Waals surface area contributed by atoms with E-state index in [1.165, 1.54) is 32.1 Å². The third kappa shape index (κ3) is 13.8. The molecule has 0 aliphatic heterocycles. The van der Waals surface area contributed by atoms with Gasteiger partial charge in [0.2, 0.25) is 0 Å². The van der Waals surface area contributed by atoms with Crippen LogP contribution in [0.25, 0.3) is 0 Å². The van der Waals surface area contributed by atoms with Crippen LogP contribution >= 0.6 is 12.4 Å². The molecule has 0 fully saturated rings. The molecule has 0 heterocycles. The molecule has 0 nitrogen and oxygen atoms in total. The molecule has 0 aromatic heterocycles. The molecule has 0 aromatic carbocycles. The van der Waals surface area contributed by atoms with Gasteiger partial charge in [0.05, 0.1) is 0 Å². The molecule has 0 spiro atoms. The smallest absolute Gasteiger partial charge is 0.147 e. The Kier molecular flexibility index (Phi) is 19.3. The van der Waals surface area contributed by atoms with Crippen LogP contribution in [0.3, 0.4) is 0 Å². The van der Waals surface area contributed by atoms with Gasteiger partial charge in [-0.2, -0.15) is 0 Å². The number of hydrogen-bond donors (Lipinski definition) is 0. The number of unbranched alkanes of at least 4 members (excludes halogenated alkanes) is 5. The van der Waals surface area contributed by atoms with E-state index in [-0.39, 0.29) is 37.0 Å². The zero-order valence-electron chi connectivity index (χ0n) is 8.77. The first kappa shape index (κ1) is 15.7. The van der Waals surface area contributed by atoms with E-state index in [0.717, 1.165) is 0 Å². The van der Waals surface area contributed by atoms with E-state index in [9.17, 15) is 0 Å². The zero-order valence-corrected chi connectivity index (χ0v) is 15.1. The third-order valence-corrected chi connectivity index (χ3v) is 8.84. The summed E-state index contributed by atoms with van der Waals surface area (Å²) in [7, 11) is 0. The predicted molar refractivity (Wildman–Crippen MR) is 55.9 cm³/mol. The van der Waals surface area contributed by atoms with E-state index in [0.29, 0.717) is 0 Å². The first-order chi connectivity index (χ1) is 5.41. The SMILES string of the molecule is CCCCCCC[CH2][Hg][CH2]C.Cl. The third-order valence-electron chi connectivity index (χ3n) is 2.21. The summed E-state index contributed by atoms with van der Waals surface area (Å²) in [5.74, 6) is 0. The van der Waals surface area contributed by atoms with Crippen molar-refractivity contribution in [2.24, 2.45) is 0 Å². The van der Waals surface area contributed by atoms with Gasteiger partial charge >= 0.3 is 84.8 Å². The Morgan fingerprint density at radius 1 is 0.833 bits per heavy atom. The fourth-order valence-corrected chi connectivity index (χ4v) is 6.08. The van der Waals surface area contributed by atoms with Gasteiger partial charge in [-0.05, 0) is 0 Å². The Balaban J connectivity index is 0. The molecule has 0 rings (SSSR count). The maximum atomic E-state index is 2.37. The Hall–Kier alpha value is 1.23. The molecule has 0 aromatic rings. The van der Waals surface area contributed by atoms with Crippen molar-refractivity contribution >= 4 is 12.4 Å². The molecule has 12 heavy (non-hydrogen) atoms. The molecule has 0 saturated carbocycles. The van der Waals surface area contributed by atoms with Gasteiger partial charge in [0.15, 0.2) is 0 Å². The minimum atomic E-state index is -0.251. The molecule has 0 bridgehead atoms. The molecule has 0 atom stereocenters. The zero-order chi connectivity index (χ0) is 8.36. The van der Waals surface area contributed by atoms with Crippen LogP contribution in [0, 0.1) is 0 Å². The van der Waals surface area contributed by atoms with Crippen LogP contribution in [0.2, 0.25) is 7.86 Å². The minimum Gasteiger partial charge on any atom is -0.147 e. The van der Waals surface area contributed by atoms with Crippen molar-refractivity contribution in [1.82, 2.24) is 0 Å². The first-order valence-corrected chi connectivity index (χ1v) is 13.2. The van der Waals surface area contributed by atoms with E-state index in [4.69, 9.17) is 0 Å². The van der Waals surface area contributed by atoms with Gasteiger partial charge in [0.25, 0.3) is 0 Å². The van der Waals surface area contributed by atoms with Gasteiger partial charge in [-0.25, -0.2) is 0 Å². The normalized spacial score (nSPS) is 8.83. The Morgan fingerprint density at radius 3 is 2.00 bits per heavy atom. The molecule has 0 radical (unpaired) electrons. The standard InChI is InChI=1S/C8H17.C2H5.ClH.Hg/c1-3-5-7-8-6-4-2;1-2;;/h1,3-8H2,2H3;1H2,2H3;1H;. The molecule has 0 amide bonds. The van der Waals surface area contributed by atoms with Crippen molar-refractivity contribution in [3.8, 4) is 0 Å². The molecule has 0 aliphatic rings. The van der Waals surface area contributed by atoms with E-state index >= 15 is 0 Å². The van der Waals surface area contributed by atoms with Gasteiger partial charge in [-0.1, -0.05) is 0 Å². The Labute approximate surface area is 96.7 Å². The molecule has 2 heteroatoms. The van der Waals surface area contributed by atoms with Crippen molar-refractivity contribution in [2.75, 3.05) is 0 Å². The second-order valence-corrected chi connectivity index (χ2v) is 12.9. The first-order valence-electron chi connectivity index (χ1n) is 5.41. The van der Waals surface area contributed by atoms with Gasteiger partial charge < -0.3 is 0 Å². The van der Waals surface area contributed by atoms with Crippen molar-refractivity contribution in [1.29, 1.82) is 0 Å². The van der Waals surface area contributed by atoms with Crippen LogP contribution in [-0.4, -0.2) is 0 Å². The van der Waals surface area contributed by atoms with Gasteiger partial charge in [0.1, 0.15) is 0 Å². The molecule has 72 valence electrons. The summed E-state index contributed by atoms with van der Waals surface area (Å²) >= 11 is -0.251. The largest absolute Gasteiger partial charge is 0.147 e. The van der Waals surface area contributed by atoms with Crippen LogP contribution in [0.5, 0.6) is 0 Å². The summed E-state index contributed by atoms with van der Waals surface area (Å²) < 4.78 is 3.28. The molecular formula is C10H23ClHg. The number of halogens is 1. The fourth-order valence-electron chi connectivity index (χ4n) is 1.38. The van der Waals surface area contributed by atoms with Gasteiger partial charge in [-0.3, -0.25) is 0 Å². The van der Waals surface area contributed by atoms with Crippen LogP contribution in [0.15, 0.2) is 0 Å². The van der Waals surface area contributed by atoms with E-state index in [1.807, 2.05) is 0 Å². The van der Waals surface area contributed by atoms with Gasteiger partial charge in [-0.15, -0.1) is 12.4 Å². The molecule has 0 N–H and O–H groups in total. The Morgan fingerprint density at radius 2 is 1.42 bits per heavy atom. The average Bonchev–Trinajstić information content (AvgIpc) is 2.03. The van der Waals surface area contributed by atoms with Crippen LogP contribution < -0.4 is 0 Å². The second-order valence-electron chi connectivity index (χ2n) is 3.47. The summed E-state index contributed by atoms with van der Waals surface area (Å²) in [6.45, 7) is 4.66. The fraction of sp³-hybridized carbons (Fsp3) is 1.00. The average molecular weight is 379 g/mol. The van der Waals surface area contributed by atoms with Crippen molar-refractivity contribution in [3.05, 3.63) is 0 Å². The maximum absolute atomic E-state index is 2.37. The summed E-state index contributed by atoms with van der Waals surface area (Å²) in [6.07, 6.45) is 8.93. The number of hydrogen-bond acceptors (Lipinski definition) is 0. The minimum absolute atomic E-state index is 0. The van der Waals surface area contributed by atoms with Crippen LogP contribution in [0.1, 0.15) is 52.4 Å². The molecule has 0 aliphatic carbocycles. The van der Waals surface area contributed by atoms with Crippen molar-refractivity contribution in [2.45, 2.75) is 60.2 Å². The van der Waals surface area contributed by atoms with E-state index in [2.05, 4.69) is 13.8 Å². The van der Waals surface area contributed by atoms with Crippen molar-refractivity contribution in [3.63, 3.8) is 0 Å². The van der Waals surface area contributed by atoms with E-state index < -0.39 is 0 Å². The van der Waals surface area contributed by atoms with Crippen LogP contribution in [-0.2, 0) is 24.6 Å². The summed E-state index contributed by atoms with van der Waals surface area (Å²) in [5, 5.41) is 0. The van der Waals surface area contributed by atoms with Crippen LogP contribution in [0.4, 0.5) is 0 Å². The topological polar surface area (TPSA) is 0 Å². The maximum Gasteiger partial charge on any atom is -0.147 e.